The van der Waals surface area contributed by atoms with Crippen molar-refractivity contribution < 1.29 is 9.47 Å². The van der Waals surface area contributed by atoms with Crippen molar-refractivity contribution in [2.24, 2.45) is 17.3 Å². The molecular formula is C12H22O2. The Morgan fingerprint density at radius 2 is 1.71 bits per heavy atom. The molecule has 0 radical (unpaired) electrons. The van der Waals surface area contributed by atoms with Crippen molar-refractivity contribution in [3.63, 3.8) is 0 Å². The minimum atomic E-state index is -0.0764. The molecule has 3 aliphatic carbocycles. The first kappa shape index (κ1) is 10.4. The quantitative estimate of drug-likeness (QED) is 0.678. The van der Waals surface area contributed by atoms with Crippen LogP contribution in [0.2, 0.25) is 0 Å². The van der Waals surface area contributed by atoms with Gasteiger partial charge in [0.1, 0.15) is 0 Å². The minimum Gasteiger partial charge on any atom is -0.378 e. The highest BCUT2D eigenvalue weighted by Gasteiger charge is 2.63. The third-order valence-electron chi connectivity index (χ3n) is 5.02. The monoisotopic (exact) mass is 198 g/mol. The smallest absolute Gasteiger partial charge is 0.0944 e. The Morgan fingerprint density at radius 3 is 2.14 bits per heavy atom. The maximum atomic E-state index is 5.74. The Hall–Kier alpha value is -0.0800. The van der Waals surface area contributed by atoms with E-state index in [-0.39, 0.29) is 11.7 Å². The molecule has 4 atom stereocenters. The van der Waals surface area contributed by atoms with Gasteiger partial charge in [-0.25, -0.2) is 0 Å². The van der Waals surface area contributed by atoms with Crippen molar-refractivity contribution in [3.05, 3.63) is 0 Å². The Bertz CT molecular complexity index is 236. The van der Waals surface area contributed by atoms with Crippen molar-refractivity contribution in [3.8, 4) is 0 Å². The summed E-state index contributed by atoms with van der Waals surface area (Å²) >= 11 is 0. The van der Waals surface area contributed by atoms with Gasteiger partial charge in [-0.3, -0.25) is 0 Å². The zero-order valence-electron chi connectivity index (χ0n) is 9.96. The van der Waals surface area contributed by atoms with Gasteiger partial charge in [0.05, 0.1) is 11.7 Å². The second-order valence-electron chi connectivity index (χ2n) is 5.65. The molecule has 0 amide bonds. The molecule has 3 rings (SSSR count). The summed E-state index contributed by atoms with van der Waals surface area (Å²) in [5.41, 5.74) is 0.368. The predicted octanol–water partition coefficient (Wildman–Crippen LogP) is 2.47. The summed E-state index contributed by atoms with van der Waals surface area (Å²) in [6.07, 6.45) is 2.76. The van der Waals surface area contributed by atoms with Gasteiger partial charge >= 0.3 is 0 Å². The van der Waals surface area contributed by atoms with Crippen LogP contribution in [-0.4, -0.2) is 25.9 Å². The fourth-order valence-corrected chi connectivity index (χ4v) is 3.71. The van der Waals surface area contributed by atoms with Crippen LogP contribution in [0.3, 0.4) is 0 Å². The molecule has 82 valence electrons. The van der Waals surface area contributed by atoms with Crippen LogP contribution in [-0.2, 0) is 9.47 Å². The molecule has 3 fully saturated rings. The highest BCUT2D eigenvalue weighted by molar-refractivity contribution is 5.13. The Balaban J connectivity index is 2.26. The average Bonchev–Trinajstić information content (AvgIpc) is 2.17. The van der Waals surface area contributed by atoms with Crippen LogP contribution < -0.4 is 0 Å². The molecule has 3 saturated carbocycles. The first-order chi connectivity index (χ1) is 6.46. The van der Waals surface area contributed by atoms with Crippen LogP contribution in [0.5, 0.6) is 0 Å². The van der Waals surface area contributed by atoms with Crippen molar-refractivity contribution in [2.45, 2.75) is 45.3 Å². The SMILES string of the molecule is CO[C@@H]1CC2CC(C2(C)C)[C@]1(C)OC. The van der Waals surface area contributed by atoms with Crippen LogP contribution in [0.4, 0.5) is 0 Å². The first-order valence-electron chi connectivity index (χ1n) is 5.54. The predicted molar refractivity (Wildman–Crippen MR) is 56.2 cm³/mol. The summed E-state index contributed by atoms with van der Waals surface area (Å²) in [6, 6.07) is 0. The molecule has 2 nitrogen and oxygen atoms in total. The topological polar surface area (TPSA) is 18.5 Å². The van der Waals surface area contributed by atoms with Gasteiger partial charge in [-0.2, -0.15) is 0 Å². The van der Waals surface area contributed by atoms with Gasteiger partial charge in [0.15, 0.2) is 0 Å². The Morgan fingerprint density at radius 1 is 1.07 bits per heavy atom. The van der Waals surface area contributed by atoms with E-state index >= 15 is 0 Å². The number of methoxy groups -OCH3 is 2. The zero-order chi connectivity index (χ0) is 10.6. The molecule has 0 heterocycles. The maximum absolute atomic E-state index is 5.74. The molecule has 0 aliphatic heterocycles. The molecule has 0 aromatic heterocycles. The lowest BCUT2D eigenvalue weighted by molar-refractivity contribution is -0.262. The van der Waals surface area contributed by atoms with Gasteiger partial charge in [0.25, 0.3) is 0 Å². The lowest BCUT2D eigenvalue weighted by Gasteiger charge is -2.65. The molecule has 0 spiro atoms. The maximum Gasteiger partial charge on any atom is 0.0944 e. The second kappa shape index (κ2) is 2.96. The standard InChI is InChI=1S/C12H22O2/c1-11(2)8-6-9(11)12(3,14-5)10(7-8)13-4/h8-10H,6-7H2,1-5H3/t8?,9?,10-,12+/m1/s1. The number of ether oxygens (including phenoxy) is 2. The van der Waals surface area contributed by atoms with Crippen LogP contribution in [0.15, 0.2) is 0 Å². The van der Waals surface area contributed by atoms with E-state index in [1.54, 1.807) is 7.11 Å². The molecule has 0 aromatic rings. The van der Waals surface area contributed by atoms with Gasteiger partial charge in [-0.1, -0.05) is 13.8 Å². The Labute approximate surface area is 87.0 Å². The zero-order valence-corrected chi connectivity index (χ0v) is 9.96. The summed E-state index contributed by atoms with van der Waals surface area (Å²) in [7, 11) is 3.63. The van der Waals surface area contributed by atoms with Gasteiger partial charge < -0.3 is 9.47 Å². The van der Waals surface area contributed by atoms with Crippen LogP contribution in [0, 0.1) is 17.3 Å². The molecule has 2 bridgehead atoms. The summed E-state index contributed by atoms with van der Waals surface area (Å²) in [5.74, 6) is 1.49. The van der Waals surface area contributed by atoms with E-state index in [1.807, 2.05) is 7.11 Å². The lowest BCUT2D eigenvalue weighted by Crippen LogP contribution is -2.67. The van der Waals surface area contributed by atoms with E-state index in [9.17, 15) is 0 Å². The summed E-state index contributed by atoms with van der Waals surface area (Å²) in [6.45, 7) is 6.95. The summed E-state index contributed by atoms with van der Waals surface area (Å²) in [5, 5.41) is 0. The third kappa shape index (κ3) is 1.04. The van der Waals surface area contributed by atoms with E-state index in [4.69, 9.17) is 9.47 Å². The van der Waals surface area contributed by atoms with Crippen LogP contribution in [0.1, 0.15) is 33.6 Å². The second-order valence-corrected chi connectivity index (χ2v) is 5.65. The fraction of sp³-hybridized carbons (Fsp3) is 1.00. The van der Waals surface area contributed by atoms with E-state index in [0.29, 0.717) is 11.3 Å². The molecule has 3 aliphatic rings. The van der Waals surface area contributed by atoms with Crippen molar-refractivity contribution >= 4 is 0 Å². The van der Waals surface area contributed by atoms with E-state index < -0.39 is 0 Å². The third-order valence-corrected chi connectivity index (χ3v) is 5.02. The van der Waals surface area contributed by atoms with E-state index in [2.05, 4.69) is 20.8 Å². The van der Waals surface area contributed by atoms with Gasteiger partial charge in [0, 0.05) is 14.2 Å². The largest absolute Gasteiger partial charge is 0.378 e. The fourth-order valence-electron chi connectivity index (χ4n) is 3.71. The minimum absolute atomic E-state index is 0.0764. The molecule has 0 aromatic carbocycles. The molecule has 0 N–H and O–H groups in total. The molecular weight excluding hydrogens is 176 g/mol. The highest BCUT2D eigenvalue weighted by atomic mass is 16.5. The van der Waals surface area contributed by atoms with Crippen molar-refractivity contribution in [1.29, 1.82) is 0 Å². The van der Waals surface area contributed by atoms with Crippen molar-refractivity contribution in [2.75, 3.05) is 14.2 Å². The normalized spacial score (nSPS) is 49.9. The van der Waals surface area contributed by atoms with E-state index in [0.717, 1.165) is 12.3 Å². The van der Waals surface area contributed by atoms with Crippen molar-refractivity contribution in [1.82, 2.24) is 0 Å². The number of hydrogen-bond acceptors (Lipinski definition) is 2. The number of rotatable bonds is 2. The van der Waals surface area contributed by atoms with Gasteiger partial charge in [-0.05, 0) is 37.0 Å². The lowest BCUT2D eigenvalue weighted by atomic mass is 9.43. The van der Waals surface area contributed by atoms with Gasteiger partial charge in [-0.15, -0.1) is 0 Å². The number of fused-ring (bicyclic) bond motifs is 2. The number of hydrogen-bond donors (Lipinski definition) is 0. The Kier molecular flexibility index (Phi) is 2.20. The molecule has 14 heavy (non-hydrogen) atoms. The molecule has 2 heteroatoms. The van der Waals surface area contributed by atoms with E-state index in [1.165, 1.54) is 6.42 Å². The molecule has 2 unspecified atom stereocenters. The first-order valence-corrected chi connectivity index (χ1v) is 5.54. The van der Waals surface area contributed by atoms with Gasteiger partial charge in [0.2, 0.25) is 0 Å². The van der Waals surface area contributed by atoms with Crippen LogP contribution in [0.25, 0.3) is 0 Å². The average molecular weight is 198 g/mol. The highest BCUT2D eigenvalue weighted by Crippen LogP contribution is 2.63. The van der Waals surface area contributed by atoms with Crippen LogP contribution >= 0.6 is 0 Å². The summed E-state index contributed by atoms with van der Waals surface area (Å²) < 4.78 is 11.3. The molecule has 0 saturated heterocycles. The summed E-state index contributed by atoms with van der Waals surface area (Å²) in [4.78, 5) is 0.